The number of anilines is 4. The summed E-state index contributed by atoms with van der Waals surface area (Å²) in [6.45, 7) is 1.63. The van der Waals surface area contributed by atoms with Crippen molar-refractivity contribution in [3.63, 3.8) is 0 Å². The monoisotopic (exact) mass is 721 g/mol. The van der Waals surface area contributed by atoms with Crippen LogP contribution in [0.15, 0.2) is 85.2 Å². The Labute approximate surface area is 300 Å². The standard InChI is InChI=1S/C35H33Cl2N7O4.ClH/c1-21-17-29(43(2)3)25-9-6-10-30(33(25)40-21)48-20-26-27(36)11-12-28(32(26)37)44(4)31(45)19-39-35(47)42-24-8-5-7-22(18-24)34(46)41-23-13-15-38-16-14-23;/h5-18H,19-20H2,1-4H3,(H,38,41,46)(H2,39,42,47);1H. The summed E-state index contributed by atoms with van der Waals surface area (Å²) in [5.41, 5.74) is 4.75. The van der Waals surface area contributed by atoms with Gasteiger partial charge in [0, 0.05) is 77.8 Å². The van der Waals surface area contributed by atoms with Crippen LogP contribution in [0.25, 0.3) is 10.9 Å². The van der Waals surface area contributed by atoms with E-state index in [2.05, 4.69) is 20.9 Å². The van der Waals surface area contributed by atoms with Crippen LogP contribution >= 0.6 is 35.6 Å². The number of nitrogens with one attached hydrogen (secondary N) is 3. The van der Waals surface area contributed by atoms with Crippen LogP contribution in [0.4, 0.5) is 27.5 Å². The molecule has 3 aromatic carbocycles. The molecule has 254 valence electrons. The molecule has 0 aliphatic heterocycles. The molecule has 0 atom stereocenters. The van der Waals surface area contributed by atoms with Gasteiger partial charge in [0.2, 0.25) is 5.91 Å². The number of pyridine rings is 2. The van der Waals surface area contributed by atoms with Crippen LogP contribution in [0.5, 0.6) is 5.75 Å². The lowest BCUT2D eigenvalue weighted by Gasteiger charge is -2.22. The van der Waals surface area contributed by atoms with Gasteiger partial charge in [-0.3, -0.25) is 14.6 Å². The molecule has 0 saturated heterocycles. The fraction of sp³-hybridized carbons (Fsp3) is 0.171. The largest absolute Gasteiger partial charge is 0.487 e. The molecule has 11 nitrogen and oxygen atoms in total. The summed E-state index contributed by atoms with van der Waals surface area (Å²) in [5.74, 6) is -0.220. The summed E-state index contributed by atoms with van der Waals surface area (Å²) in [6, 6.07) is 20.1. The number of aryl methyl sites for hydroxylation is 1. The highest BCUT2D eigenvalue weighted by Crippen LogP contribution is 2.36. The number of amides is 4. The van der Waals surface area contributed by atoms with Gasteiger partial charge in [0.25, 0.3) is 5.91 Å². The fourth-order valence-corrected chi connectivity index (χ4v) is 5.51. The summed E-state index contributed by atoms with van der Waals surface area (Å²) in [6.07, 6.45) is 3.13. The second-order valence-corrected chi connectivity index (χ2v) is 11.8. The van der Waals surface area contributed by atoms with Crippen molar-refractivity contribution in [1.82, 2.24) is 15.3 Å². The number of aromatic nitrogens is 2. The minimum atomic E-state index is -0.629. The molecule has 0 radical (unpaired) electrons. The summed E-state index contributed by atoms with van der Waals surface area (Å²) < 4.78 is 6.19. The third-order valence-electron chi connectivity index (χ3n) is 7.38. The number of ether oxygens (including phenoxy) is 1. The molecule has 14 heteroatoms. The van der Waals surface area contributed by atoms with Crippen molar-refractivity contribution in [2.45, 2.75) is 13.5 Å². The van der Waals surface area contributed by atoms with Gasteiger partial charge in [-0.1, -0.05) is 41.4 Å². The lowest BCUT2D eigenvalue weighted by molar-refractivity contribution is -0.117. The molecule has 49 heavy (non-hydrogen) atoms. The average molecular weight is 723 g/mol. The topological polar surface area (TPSA) is 129 Å². The van der Waals surface area contributed by atoms with E-state index in [-0.39, 0.29) is 36.5 Å². The quantitative estimate of drug-likeness (QED) is 0.138. The molecular weight excluding hydrogens is 689 g/mol. The van der Waals surface area contributed by atoms with E-state index >= 15 is 0 Å². The highest BCUT2D eigenvalue weighted by atomic mass is 35.5. The first kappa shape index (κ1) is 36.7. The number of rotatable bonds is 10. The number of urea groups is 1. The van der Waals surface area contributed by atoms with Gasteiger partial charge < -0.3 is 30.5 Å². The van der Waals surface area contributed by atoms with Gasteiger partial charge in [-0.05, 0) is 61.5 Å². The number of hydrogen-bond acceptors (Lipinski definition) is 7. The number of hydrogen-bond donors (Lipinski definition) is 3. The number of halogens is 3. The number of carbonyl (C=O) groups is 3. The van der Waals surface area contributed by atoms with Gasteiger partial charge in [-0.15, -0.1) is 12.4 Å². The Balaban J connectivity index is 0.00000541. The predicted octanol–water partition coefficient (Wildman–Crippen LogP) is 7.35. The van der Waals surface area contributed by atoms with Crippen LogP contribution in [0.1, 0.15) is 21.6 Å². The van der Waals surface area contributed by atoms with E-state index in [1.807, 2.05) is 50.2 Å². The highest BCUT2D eigenvalue weighted by molar-refractivity contribution is 6.38. The van der Waals surface area contributed by atoms with Crippen LogP contribution in [0.3, 0.4) is 0 Å². The van der Waals surface area contributed by atoms with E-state index in [4.69, 9.17) is 32.9 Å². The summed E-state index contributed by atoms with van der Waals surface area (Å²) in [7, 11) is 5.49. The van der Waals surface area contributed by atoms with Gasteiger partial charge in [-0.2, -0.15) is 0 Å². The smallest absolute Gasteiger partial charge is 0.319 e. The Morgan fingerprint density at radius 2 is 1.59 bits per heavy atom. The molecular formula is C35H34Cl3N7O4. The fourth-order valence-electron chi connectivity index (χ4n) is 4.90. The zero-order valence-electron chi connectivity index (χ0n) is 27.1. The Kier molecular flexibility index (Phi) is 12.2. The van der Waals surface area contributed by atoms with Gasteiger partial charge in [0.15, 0.2) is 0 Å². The molecule has 5 aromatic rings. The number of nitrogens with zero attached hydrogens (tertiary/aromatic N) is 4. The maximum atomic E-state index is 13.1. The lowest BCUT2D eigenvalue weighted by atomic mass is 10.1. The molecule has 2 heterocycles. The average Bonchev–Trinajstić information content (AvgIpc) is 3.07. The summed E-state index contributed by atoms with van der Waals surface area (Å²) in [4.78, 5) is 50.3. The maximum Gasteiger partial charge on any atom is 0.319 e. The molecule has 2 aromatic heterocycles. The van der Waals surface area contributed by atoms with Crippen molar-refractivity contribution in [3.8, 4) is 5.75 Å². The Bertz CT molecular complexity index is 1990. The van der Waals surface area contributed by atoms with Crippen molar-refractivity contribution < 1.29 is 19.1 Å². The second kappa shape index (κ2) is 16.3. The zero-order chi connectivity index (χ0) is 34.4. The molecule has 0 spiro atoms. The van der Waals surface area contributed by atoms with Crippen molar-refractivity contribution in [2.24, 2.45) is 0 Å². The minimum Gasteiger partial charge on any atom is -0.487 e. The molecule has 4 amide bonds. The van der Waals surface area contributed by atoms with E-state index in [0.717, 1.165) is 16.8 Å². The molecule has 3 N–H and O–H groups in total. The molecule has 0 fully saturated rings. The third kappa shape index (κ3) is 8.88. The molecule has 0 bridgehead atoms. The van der Waals surface area contributed by atoms with Gasteiger partial charge in [0.05, 0.1) is 17.3 Å². The third-order valence-corrected chi connectivity index (χ3v) is 8.16. The molecule has 0 aliphatic carbocycles. The Morgan fingerprint density at radius 1 is 0.857 bits per heavy atom. The Morgan fingerprint density at radius 3 is 2.33 bits per heavy atom. The first-order chi connectivity index (χ1) is 23.0. The van der Waals surface area contributed by atoms with E-state index in [1.165, 1.54) is 11.0 Å². The molecule has 0 aliphatic rings. The lowest BCUT2D eigenvalue weighted by Crippen LogP contribution is -2.40. The Hall–Kier alpha value is -5.10. The van der Waals surface area contributed by atoms with Crippen LogP contribution in [-0.4, -0.2) is 55.5 Å². The van der Waals surface area contributed by atoms with E-state index < -0.39 is 11.9 Å². The van der Waals surface area contributed by atoms with Crippen LogP contribution in [0.2, 0.25) is 10.0 Å². The van der Waals surface area contributed by atoms with E-state index in [0.29, 0.717) is 44.5 Å². The van der Waals surface area contributed by atoms with Gasteiger partial charge >= 0.3 is 6.03 Å². The first-order valence-electron chi connectivity index (χ1n) is 14.8. The second-order valence-electron chi connectivity index (χ2n) is 11.0. The van der Waals surface area contributed by atoms with Crippen LogP contribution in [-0.2, 0) is 11.4 Å². The van der Waals surface area contributed by atoms with Crippen molar-refractivity contribution in [3.05, 3.63) is 112 Å². The highest BCUT2D eigenvalue weighted by Gasteiger charge is 2.20. The minimum absolute atomic E-state index is 0. The summed E-state index contributed by atoms with van der Waals surface area (Å²) >= 11 is 13.3. The van der Waals surface area contributed by atoms with E-state index in [9.17, 15) is 14.4 Å². The van der Waals surface area contributed by atoms with Crippen molar-refractivity contribution in [2.75, 3.05) is 48.1 Å². The first-order valence-corrected chi connectivity index (χ1v) is 15.6. The van der Waals surface area contributed by atoms with Gasteiger partial charge in [-0.25, -0.2) is 9.78 Å². The van der Waals surface area contributed by atoms with Gasteiger partial charge in [0.1, 0.15) is 17.9 Å². The zero-order valence-corrected chi connectivity index (χ0v) is 29.4. The maximum absolute atomic E-state index is 13.1. The molecule has 0 unspecified atom stereocenters. The number of carbonyl (C=O) groups excluding carboxylic acids is 3. The van der Waals surface area contributed by atoms with E-state index in [1.54, 1.807) is 61.9 Å². The normalized spacial score (nSPS) is 10.5. The SMILES string of the molecule is Cc1cc(N(C)C)c2cccc(OCc3c(Cl)ccc(N(C)C(=O)CNC(=O)Nc4cccc(C(=O)Nc5ccncc5)c4)c3Cl)c2n1.Cl. The van der Waals surface area contributed by atoms with Crippen molar-refractivity contribution >= 4 is 87.1 Å². The predicted molar refractivity (Wildman–Crippen MR) is 198 cm³/mol. The number of para-hydroxylation sites is 1. The number of likely N-dealkylation sites (N-methyl/N-ethyl adjacent to an activating group) is 1. The number of fused-ring (bicyclic) bond motifs is 1. The summed E-state index contributed by atoms with van der Waals surface area (Å²) in [5, 5.41) is 9.50. The van der Waals surface area contributed by atoms with Crippen LogP contribution < -0.4 is 30.5 Å². The number of benzene rings is 3. The van der Waals surface area contributed by atoms with Crippen LogP contribution in [0, 0.1) is 6.92 Å². The molecule has 5 rings (SSSR count). The molecule has 0 saturated carbocycles. The van der Waals surface area contributed by atoms with Crippen molar-refractivity contribution in [1.29, 1.82) is 0 Å².